The van der Waals surface area contributed by atoms with Gasteiger partial charge in [-0.25, -0.2) is 14.8 Å². The van der Waals surface area contributed by atoms with Gasteiger partial charge in [0.05, 0.1) is 5.39 Å². The van der Waals surface area contributed by atoms with Crippen LogP contribution < -0.4 is 5.32 Å². The second kappa shape index (κ2) is 4.57. The van der Waals surface area contributed by atoms with E-state index < -0.39 is 5.97 Å². The van der Waals surface area contributed by atoms with Crippen LogP contribution >= 0.6 is 11.3 Å². The molecular weight excluding hydrogens is 278 g/mol. The first-order chi connectivity index (χ1) is 9.56. The predicted molar refractivity (Wildman–Crippen MR) is 75.6 cm³/mol. The van der Waals surface area contributed by atoms with Crippen molar-refractivity contribution in [3.8, 4) is 0 Å². The average molecular weight is 289 g/mol. The number of hydrogen-bond donors (Lipinski definition) is 2. The van der Waals surface area contributed by atoms with E-state index in [0.717, 1.165) is 16.7 Å². The minimum Gasteiger partial charge on any atom is -0.477 e. The fourth-order valence-electron chi connectivity index (χ4n) is 1.97. The first kappa shape index (κ1) is 12.5. The second-order valence-electron chi connectivity index (χ2n) is 4.26. The number of carboxylic acids is 1. The highest BCUT2D eigenvalue weighted by Gasteiger charge is 2.18. The molecule has 0 spiro atoms. The number of rotatable bonds is 3. The monoisotopic (exact) mass is 289 g/mol. The Labute approximate surface area is 117 Å². The molecule has 102 valence electrons. The maximum absolute atomic E-state index is 11.2. The van der Waals surface area contributed by atoms with Gasteiger partial charge in [0.1, 0.15) is 21.9 Å². The number of nitrogens with one attached hydrogen (secondary N) is 1. The Balaban J connectivity index is 2.13. The van der Waals surface area contributed by atoms with Crippen molar-refractivity contribution in [3.63, 3.8) is 0 Å². The first-order valence-electron chi connectivity index (χ1n) is 5.80. The van der Waals surface area contributed by atoms with Crippen LogP contribution in [0.2, 0.25) is 0 Å². The van der Waals surface area contributed by atoms with E-state index >= 15 is 0 Å². The summed E-state index contributed by atoms with van der Waals surface area (Å²) in [5.41, 5.74) is 0.663. The number of thiophene rings is 1. The summed E-state index contributed by atoms with van der Waals surface area (Å²) < 4.78 is 1.67. The largest absolute Gasteiger partial charge is 0.477 e. The number of carboxylic acid groups (broad SMARTS) is 1. The molecule has 0 saturated carbocycles. The van der Waals surface area contributed by atoms with E-state index in [1.807, 2.05) is 19.3 Å². The third-order valence-electron chi connectivity index (χ3n) is 2.88. The van der Waals surface area contributed by atoms with Gasteiger partial charge in [-0.05, 0) is 12.5 Å². The van der Waals surface area contributed by atoms with Crippen molar-refractivity contribution >= 4 is 39.2 Å². The number of aryl methyl sites for hydroxylation is 2. The molecule has 3 aromatic heterocycles. The van der Waals surface area contributed by atoms with Gasteiger partial charge in [0.2, 0.25) is 0 Å². The van der Waals surface area contributed by atoms with Crippen molar-refractivity contribution in [2.45, 2.75) is 6.92 Å². The summed E-state index contributed by atoms with van der Waals surface area (Å²) in [6.45, 7) is 1.76. The zero-order chi connectivity index (χ0) is 14.3. The van der Waals surface area contributed by atoms with Gasteiger partial charge in [-0.1, -0.05) is 0 Å². The molecule has 0 saturated heterocycles. The van der Waals surface area contributed by atoms with Gasteiger partial charge < -0.3 is 10.4 Å². The van der Waals surface area contributed by atoms with Gasteiger partial charge in [0.25, 0.3) is 0 Å². The summed E-state index contributed by atoms with van der Waals surface area (Å²) in [6.07, 6.45) is 3.22. The van der Waals surface area contributed by atoms with E-state index in [2.05, 4.69) is 20.4 Å². The van der Waals surface area contributed by atoms with Crippen molar-refractivity contribution < 1.29 is 9.90 Å². The maximum atomic E-state index is 11.2. The Hall–Kier alpha value is -2.48. The summed E-state index contributed by atoms with van der Waals surface area (Å²) in [4.78, 5) is 20.4. The van der Waals surface area contributed by atoms with E-state index in [4.69, 9.17) is 0 Å². The van der Waals surface area contributed by atoms with Crippen LogP contribution in [0, 0.1) is 6.92 Å². The maximum Gasteiger partial charge on any atom is 0.346 e. The number of aromatic carboxylic acids is 1. The number of hydrogen-bond acceptors (Lipinski definition) is 6. The lowest BCUT2D eigenvalue weighted by atomic mass is 10.2. The van der Waals surface area contributed by atoms with Gasteiger partial charge >= 0.3 is 5.97 Å². The highest BCUT2D eigenvalue weighted by atomic mass is 32.1. The molecule has 3 rings (SSSR count). The number of aromatic nitrogens is 4. The van der Waals surface area contributed by atoms with Crippen LogP contribution in [0.5, 0.6) is 0 Å². The van der Waals surface area contributed by atoms with Crippen molar-refractivity contribution in [2.75, 3.05) is 5.32 Å². The number of anilines is 2. The molecule has 7 nitrogen and oxygen atoms in total. The third kappa shape index (κ3) is 1.99. The SMILES string of the molecule is Cc1c(C(=O)O)sc2ncnc(Nc3ccn(C)n3)c12. The molecule has 0 unspecified atom stereocenters. The predicted octanol–water partition coefficient (Wildman–Crippen LogP) is 2.18. The zero-order valence-corrected chi connectivity index (χ0v) is 11.6. The average Bonchev–Trinajstić information content (AvgIpc) is 2.95. The highest BCUT2D eigenvalue weighted by Crippen LogP contribution is 2.34. The molecule has 0 atom stereocenters. The van der Waals surface area contributed by atoms with Crippen molar-refractivity contribution in [3.05, 3.63) is 29.0 Å². The van der Waals surface area contributed by atoms with Crippen LogP contribution in [-0.4, -0.2) is 30.8 Å². The Morgan fingerprint density at radius 2 is 2.25 bits per heavy atom. The summed E-state index contributed by atoms with van der Waals surface area (Å²) in [5.74, 6) is 0.263. The molecule has 20 heavy (non-hydrogen) atoms. The molecule has 2 N–H and O–H groups in total. The molecule has 0 aliphatic heterocycles. The van der Waals surface area contributed by atoms with Crippen LogP contribution in [0.25, 0.3) is 10.2 Å². The summed E-state index contributed by atoms with van der Waals surface area (Å²) in [6, 6.07) is 1.81. The number of carbonyl (C=O) groups is 1. The smallest absolute Gasteiger partial charge is 0.346 e. The van der Waals surface area contributed by atoms with Crippen LogP contribution in [0.3, 0.4) is 0 Å². The summed E-state index contributed by atoms with van der Waals surface area (Å²) in [7, 11) is 1.82. The molecule has 0 fully saturated rings. The van der Waals surface area contributed by atoms with E-state index in [9.17, 15) is 9.90 Å². The van der Waals surface area contributed by atoms with Gasteiger partial charge in [0.15, 0.2) is 5.82 Å². The normalized spacial score (nSPS) is 10.9. The molecule has 8 heteroatoms. The van der Waals surface area contributed by atoms with Gasteiger partial charge in [-0.3, -0.25) is 4.68 Å². The minimum atomic E-state index is -0.950. The fraction of sp³-hybridized carbons (Fsp3) is 0.167. The van der Waals surface area contributed by atoms with Crippen molar-refractivity contribution in [1.82, 2.24) is 19.7 Å². The molecule has 0 aliphatic rings. The first-order valence-corrected chi connectivity index (χ1v) is 6.62. The topological polar surface area (TPSA) is 92.9 Å². The fourth-order valence-corrected chi connectivity index (χ4v) is 2.96. The van der Waals surface area contributed by atoms with Crippen molar-refractivity contribution in [2.24, 2.45) is 7.05 Å². The molecule has 0 aliphatic carbocycles. The molecule has 0 radical (unpaired) electrons. The third-order valence-corrected chi connectivity index (χ3v) is 4.07. The minimum absolute atomic E-state index is 0.282. The lowest BCUT2D eigenvalue weighted by Crippen LogP contribution is -1.98. The van der Waals surface area contributed by atoms with Crippen LogP contribution in [0.4, 0.5) is 11.6 Å². The molecule has 0 amide bonds. The van der Waals surface area contributed by atoms with Crippen LogP contribution in [0.15, 0.2) is 18.6 Å². The van der Waals surface area contributed by atoms with Crippen LogP contribution in [-0.2, 0) is 7.05 Å². The van der Waals surface area contributed by atoms with Gasteiger partial charge in [-0.15, -0.1) is 11.3 Å². The van der Waals surface area contributed by atoms with E-state index in [-0.39, 0.29) is 4.88 Å². The summed E-state index contributed by atoms with van der Waals surface area (Å²) in [5, 5.41) is 17.2. The van der Waals surface area contributed by atoms with Gasteiger partial charge in [-0.2, -0.15) is 5.10 Å². The Kier molecular flexibility index (Phi) is 2.87. The summed E-state index contributed by atoms with van der Waals surface area (Å²) >= 11 is 1.15. The lowest BCUT2D eigenvalue weighted by Gasteiger charge is -2.03. The molecular formula is C12H11N5O2S. The second-order valence-corrected chi connectivity index (χ2v) is 5.26. The van der Waals surface area contributed by atoms with E-state index in [1.165, 1.54) is 6.33 Å². The lowest BCUT2D eigenvalue weighted by molar-refractivity contribution is 0.0701. The highest BCUT2D eigenvalue weighted by molar-refractivity contribution is 7.20. The zero-order valence-electron chi connectivity index (χ0n) is 10.8. The Morgan fingerprint density at radius 1 is 1.45 bits per heavy atom. The quantitative estimate of drug-likeness (QED) is 0.767. The van der Waals surface area contributed by atoms with Gasteiger partial charge in [0, 0.05) is 19.3 Å². The molecule has 3 heterocycles. The molecule has 0 bridgehead atoms. The standard InChI is InChI=1S/C12H11N5O2S/c1-6-8-10(15-7-3-4-17(2)16-7)13-5-14-11(8)20-9(6)12(18)19/h3-5H,1-2H3,(H,18,19)(H,13,14,15,16). The molecule has 0 aromatic carbocycles. The Bertz CT molecular complexity index is 807. The van der Waals surface area contributed by atoms with E-state index in [0.29, 0.717) is 22.0 Å². The van der Waals surface area contributed by atoms with Crippen molar-refractivity contribution in [1.29, 1.82) is 0 Å². The Morgan fingerprint density at radius 3 is 2.90 bits per heavy atom. The van der Waals surface area contributed by atoms with E-state index in [1.54, 1.807) is 11.6 Å². The number of fused-ring (bicyclic) bond motifs is 1. The van der Waals surface area contributed by atoms with Crippen LogP contribution in [0.1, 0.15) is 15.2 Å². The molecule has 3 aromatic rings. The number of nitrogens with zero attached hydrogens (tertiary/aromatic N) is 4.